The molecule has 1 aromatic heterocycles. The van der Waals surface area contributed by atoms with Gasteiger partial charge in [0.05, 0.1) is 24.0 Å². The predicted octanol–water partition coefficient (Wildman–Crippen LogP) is 6.30. The second-order valence-electron chi connectivity index (χ2n) is 7.81. The lowest BCUT2D eigenvalue weighted by Crippen LogP contribution is -2.32. The summed E-state index contributed by atoms with van der Waals surface area (Å²) in [5.74, 6) is 2.49. The van der Waals surface area contributed by atoms with E-state index >= 15 is 0 Å². The molecule has 35 heavy (non-hydrogen) atoms. The van der Waals surface area contributed by atoms with Crippen molar-refractivity contribution in [2.45, 2.75) is 0 Å². The number of hydrogen-bond donors (Lipinski definition) is 2. The maximum Gasteiger partial charge on any atom is 0.145 e. The van der Waals surface area contributed by atoms with E-state index in [1.807, 2.05) is 54.6 Å². The van der Waals surface area contributed by atoms with Gasteiger partial charge < -0.3 is 20.5 Å². The molecule has 0 unspecified atom stereocenters. The van der Waals surface area contributed by atoms with Gasteiger partial charge in [-0.3, -0.25) is 4.90 Å². The van der Waals surface area contributed by atoms with Gasteiger partial charge in [-0.05, 0) is 30.3 Å². The first-order valence-corrected chi connectivity index (χ1v) is 12.2. The number of ether oxygens (including phenoxy) is 2. The molecule has 0 fully saturated rings. The molecule has 0 aliphatic heterocycles. The van der Waals surface area contributed by atoms with Crippen LogP contribution in [-0.2, 0) is 0 Å². The molecule has 186 valence electrons. The van der Waals surface area contributed by atoms with Crippen LogP contribution in [0.4, 0.5) is 17.1 Å². The number of rotatable bonds is 11. The van der Waals surface area contributed by atoms with Crippen molar-refractivity contribution in [1.29, 1.82) is 0 Å². The molecule has 3 N–H and O–H groups in total. The van der Waals surface area contributed by atoms with E-state index in [2.05, 4.69) is 16.3 Å². The van der Waals surface area contributed by atoms with Crippen molar-refractivity contribution in [3.05, 3.63) is 60.7 Å². The van der Waals surface area contributed by atoms with Gasteiger partial charge in [-0.25, -0.2) is 4.98 Å². The minimum absolute atomic E-state index is 0. The number of nitrogens with two attached hydrogens (primary N) is 1. The van der Waals surface area contributed by atoms with Crippen LogP contribution in [0, 0.1) is 0 Å². The third-order valence-corrected chi connectivity index (χ3v) is 5.98. The van der Waals surface area contributed by atoms with Gasteiger partial charge in [-0.15, -0.1) is 35.6 Å². The summed E-state index contributed by atoms with van der Waals surface area (Å²) in [4.78, 5) is 7.12. The molecule has 3 aromatic carbocycles. The summed E-state index contributed by atoms with van der Waals surface area (Å²) in [5.41, 5.74) is 10.2. The summed E-state index contributed by atoms with van der Waals surface area (Å²) < 4.78 is 11.5. The number of anilines is 3. The zero-order valence-corrected chi connectivity index (χ0v) is 21.8. The number of halogens is 3. The first-order chi connectivity index (χ1) is 16.6. The van der Waals surface area contributed by atoms with Crippen molar-refractivity contribution in [2.75, 3.05) is 56.2 Å². The highest BCUT2D eigenvalue weighted by atomic mass is 35.5. The summed E-state index contributed by atoms with van der Waals surface area (Å²) in [6.45, 7) is 2.79. The Bertz CT molecular complexity index is 1270. The zero-order valence-electron chi connectivity index (χ0n) is 19.5. The average molecular weight is 536 g/mol. The van der Waals surface area contributed by atoms with Gasteiger partial charge in [0.2, 0.25) is 0 Å². The highest BCUT2D eigenvalue weighted by molar-refractivity contribution is 6.18. The molecule has 0 bridgehead atoms. The Morgan fingerprint density at radius 1 is 0.914 bits per heavy atom. The van der Waals surface area contributed by atoms with E-state index in [9.17, 15) is 0 Å². The van der Waals surface area contributed by atoms with E-state index < -0.39 is 0 Å². The van der Waals surface area contributed by atoms with Crippen molar-refractivity contribution in [3.8, 4) is 11.5 Å². The lowest BCUT2D eigenvalue weighted by Gasteiger charge is -2.20. The van der Waals surface area contributed by atoms with E-state index in [0.29, 0.717) is 29.8 Å². The molecule has 0 atom stereocenters. The quantitative estimate of drug-likeness (QED) is 0.133. The molecular formula is C26H29Cl3N4O2. The van der Waals surface area contributed by atoms with Gasteiger partial charge >= 0.3 is 0 Å². The molecule has 0 saturated carbocycles. The van der Waals surface area contributed by atoms with Gasteiger partial charge in [-0.1, -0.05) is 30.3 Å². The van der Waals surface area contributed by atoms with Crippen molar-refractivity contribution in [3.63, 3.8) is 0 Å². The summed E-state index contributed by atoms with van der Waals surface area (Å²) >= 11 is 11.8. The van der Waals surface area contributed by atoms with Crippen LogP contribution in [0.15, 0.2) is 60.7 Å². The molecular weight excluding hydrogens is 507 g/mol. The standard InChI is InChI=1S/C26H28Cl2N4O2.ClH/c1-33-23-10-9-18(17-21(23)29)30-25-19-5-2-3-7-22(19)31-26-20(25)6-4-8-24(26)34-16-15-32(13-11-27)14-12-28;/h2-10,17H,11-16,29H2,1H3,(H,30,31);1H. The fourth-order valence-electron chi connectivity index (χ4n) is 3.95. The highest BCUT2D eigenvalue weighted by Gasteiger charge is 2.14. The molecule has 6 nitrogen and oxygen atoms in total. The van der Waals surface area contributed by atoms with Crippen LogP contribution in [0.2, 0.25) is 0 Å². The number of nitrogen functional groups attached to an aromatic ring is 1. The molecule has 0 radical (unpaired) electrons. The number of fused-ring (bicyclic) bond motifs is 2. The number of nitrogens with one attached hydrogen (secondary N) is 1. The minimum Gasteiger partial charge on any atom is -0.495 e. The lowest BCUT2D eigenvalue weighted by atomic mass is 10.1. The lowest BCUT2D eigenvalue weighted by molar-refractivity contribution is 0.226. The third kappa shape index (κ3) is 6.33. The van der Waals surface area contributed by atoms with Crippen LogP contribution >= 0.6 is 35.6 Å². The number of aromatic nitrogens is 1. The number of methoxy groups -OCH3 is 1. The second-order valence-corrected chi connectivity index (χ2v) is 8.56. The number of pyridine rings is 1. The SMILES string of the molecule is COc1ccc(Nc2c3ccccc3nc3c(OCCN(CCCl)CCCl)cccc23)cc1N.Cl. The normalized spacial score (nSPS) is 11.0. The molecule has 4 aromatic rings. The Hall–Kier alpha value is -2.64. The Kier molecular flexibility index (Phi) is 9.93. The first kappa shape index (κ1) is 27.0. The fraction of sp³-hybridized carbons (Fsp3) is 0.269. The van der Waals surface area contributed by atoms with Crippen LogP contribution in [0.25, 0.3) is 21.8 Å². The topological polar surface area (TPSA) is 72.6 Å². The number of hydrogen-bond acceptors (Lipinski definition) is 6. The van der Waals surface area contributed by atoms with E-state index in [0.717, 1.165) is 58.6 Å². The van der Waals surface area contributed by atoms with Crippen LogP contribution in [0.1, 0.15) is 0 Å². The van der Waals surface area contributed by atoms with Crippen molar-refractivity contribution >= 4 is 74.5 Å². The highest BCUT2D eigenvalue weighted by Crippen LogP contribution is 2.37. The summed E-state index contributed by atoms with van der Waals surface area (Å²) in [5, 5.41) is 5.52. The van der Waals surface area contributed by atoms with Crippen molar-refractivity contribution < 1.29 is 9.47 Å². The van der Waals surface area contributed by atoms with Crippen LogP contribution in [0.5, 0.6) is 11.5 Å². The van der Waals surface area contributed by atoms with E-state index in [1.165, 1.54) is 0 Å². The monoisotopic (exact) mass is 534 g/mol. The van der Waals surface area contributed by atoms with Crippen molar-refractivity contribution in [1.82, 2.24) is 9.88 Å². The first-order valence-electron chi connectivity index (χ1n) is 11.1. The van der Waals surface area contributed by atoms with Gasteiger partial charge in [0, 0.05) is 47.9 Å². The Morgan fingerprint density at radius 3 is 2.37 bits per heavy atom. The van der Waals surface area contributed by atoms with Gasteiger partial charge in [-0.2, -0.15) is 0 Å². The molecule has 9 heteroatoms. The third-order valence-electron chi connectivity index (χ3n) is 5.64. The van der Waals surface area contributed by atoms with Crippen LogP contribution in [0.3, 0.4) is 0 Å². The van der Waals surface area contributed by atoms with E-state index in [-0.39, 0.29) is 12.4 Å². The molecule has 0 saturated heterocycles. The van der Waals surface area contributed by atoms with E-state index in [4.69, 9.17) is 43.4 Å². The second kappa shape index (κ2) is 12.9. The molecule has 0 amide bonds. The Balaban J connectivity index is 0.00000342. The summed E-state index contributed by atoms with van der Waals surface area (Å²) in [7, 11) is 1.61. The molecule has 0 spiro atoms. The average Bonchev–Trinajstić information content (AvgIpc) is 2.84. The maximum atomic E-state index is 6.19. The number of nitrogens with zero attached hydrogens (tertiary/aromatic N) is 2. The van der Waals surface area contributed by atoms with Gasteiger partial charge in [0.1, 0.15) is 23.6 Å². The predicted molar refractivity (Wildman–Crippen MR) is 151 cm³/mol. The Labute approximate surface area is 221 Å². The molecule has 4 rings (SSSR count). The zero-order chi connectivity index (χ0) is 23.9. The number of para-hydroxylation sites is 2. The molecule has 0 aliphatic rings. The van der Waals surface area contributed by atoms with Crippen LogP contribution in [-0.4, -0.2) is 55.0 Å². The fourth-order valence-corrected chi connectivity index (χ4v) is 4.43. The van der Waals surface area contributed by atoms with E-state index in [1.54, 1.807) is 7.11 Å². The number of alkyl halides is 2. The number of benzene rings is 3. The Morgan fingerprint density at radius 2 is 1.66 bits per heavy atom. The van der Waals surface area contributed by atoms with Crippen LogP contribution < -0.4 is 20.5 Å². The minimum atomic E-state index is 0. The summed E-state index contributed by atoms with van der Waals surface area (Å²) in [6.07, 6.45) is 0. The van der Waals surface area contributed by atoms with Gasteiger partial charge in [0.25, 0.3) is 0 Å². The van der Waals surface area contributed by atoms with Crippen molar-refractivity contribution in [2.24, 2.45) is 0 Å². The molecule has 0 aliphatic carbocycles. The maximum absolute atomic E-state index is 6.19. The largest absolute Gasteiger partial charge is 0.495 e. The smallest absolute Gasteiger partial charge is 0.145 e. The van der Waals surface area contributed by atoms with Gasteiger partial charge in [0.15, 0.2) is 0 Å². The summed E-state index contributed by atoms with van der Waals surface area (Å²) in [6, 6.07) is 19.7. The molecule has 1 heterocycles.